The van der Waals surface area contributed by atoms with E-state index in [1.54, 1.807) is 17.5 Å². The number of piperidine rings is 1. The molecule has 1 fully saturated rings. The van der Waals surface area contributed by atoms with Crippen LogP contribution in [0, 0.1) is 23.6 Å². The van der Waals surface area contributed by atoms with Gasteiger partial charge in [0.2, 0.25) is 5.91 Å². The molecule has 3 rings (SSSR count). The van der Waals surface area contributed by atoms with Gasteiger partial charge in [-0.15, -0.1) is 11.3 Å². The number of carboxylic acid groups (broad SMARTS) is 1. The maximum absolute atomic E-state index is 14.6. The zero-order valence-electron chi connectivity index (χ0n) is 32.4. The van der Waals surface area contributed by atoms with Crippen molar-refractivity contribution in [3.8, 4) is 0 Å². The quantitative estimate of drug-likeness (QED) is 0.131. The Balaban J connectivity index is 1.86. The van der Waals surface area contributed by atoms with E-state index in [1.807, 2.05) is 46.6 Å². The molecule has 11 nitrogen and oxygen atoms in total. The van der Waals surface area contributed by atoms with Crippen molar-refractivity contribution in [3.63, 3.8) is 0 Å². The Hall–Kier alpha value is -3.71. The average Bonchev–Trinajstić information content (AvgIpc) is 3.61. The lowest BCUT2D eigenvalue weighted by molar-refractivity contribution is -0.150. The van der Waals surface area contributed by atoms with Crippen LogP contribution in [0.2, 0.25) is 0 Å². The van der Waals surface area contributed by atoms with E-state index in [4.69, 9.17) is 4.74 Å². The third-order valence-electron chi connectivity index (χ3n) is 10.4. The lowest BCUT2D eigenvalue weighted by atomic mass is 9.82. The fraction of sp³-hybridized carbons (Fsp3) is 0.650. The van der Waals surface area contributed by atoms with E-state index >= 15 is 0 Å². The van der Waals surface area contributed by atoms with Crippen LogP contribution in [0.3, 0.4) is 0 Å². The van der Waals surface area contributed by atoms with Gasteiger partial charge in [0.1, 0.15) is 16.5 Å². The number of likely N-dealkylation sites (N-methyl/N-ethyl adjacent to an activating group) is 1. The summed E-state index contributed by atoms with van der Waals surface area (Å²) >= 11 is 1.17. The summed E-state index contributed by atoms with van der Waals surface area (Å²) in [6, 6.07) is 4.72. The molecule has 13 heteroatoms. The number of thiazole rings is 1. The Morgan fingerprint density at radius 3 is 2.40 bits per heavy atom. The lowest BCUT2D eigenvalue weighted by Gasteiger charge is -2.39. The summed E-state index contributed by atoms with van der Waals surface area (Å²) < 4.78 is 19.3. The Morgan fingerprint density at radius 2 is 1.81 bits per heavy atom. The van der Waals surface area contributed by atoms with Crippen molar-refractivity contribution in [1.82, 2.24) is 20.1 Å². The van der Waals surface area contributed by atoms with Crippen LogP contribution in [0.25, 0.3) is 0 Å². The maximum Gasteiger partial charge on any atom is 0.303 e. The minimum absolute atomic E-state index is 0.0146. The van der Waals surface area contributed by atoms with Gasteiger partial charge in [0, 0.05) is 56.1 Å². The summed E-state index contributed by atoms with van der Waals surface area (Å²) in [7, 11) is 1.98. The van der Waals surface area contributed by atoms with Gasteiger partial charge < -0.3 is 20.1 Å². The summed E-state index contributed by atoms with van der Waals surface area (Å²) in [5, 5.41) is 14.1. The highest BCUT2D eigenvalue weighted by molar-refractivity contribution is 7.09. The number of benzene rings is 1. The molecule has 0 saturated carbocycles. The SMILES string of the molecule is CCCN(C(=O)C(CC(=O)[C@H]1CCCCN1C)[C@@H](C)CC)[C@H](C[C@@H](OC(C)=O)c1nc(C(=O)N[C@H](CCC(=O)O)Cc2ccc(F)cc2)cs1)C(C)C. The number of carbonyl (C=O) groups excluding carboxylic acids is 4. The summed E-state index contributed by atoms with van der Waals surface area (Å²) in [5.74, 6) is -2.94. The molecule has 2 amide bonds. The van der Waals surface area contributed by atoms with Crippen LogP contribution in [-0.2, 0) is 30.3 Å². The zero-order chi connectivity index (χ0) is 39.2. The summed E-state index contributed by atoms with van der Waals surface area (Å²) in [4.78, 5) is 74.0. The maximum atomic E-state index is 14.6. The fourth-order valence-corrected chi connectivity index (χ4v) is 7.99. The number of hydrogen-bond donors (Lipinski definition) is 2. The molecule has 1 unspecified atom stereocenters. The number of nitrogens with zero attached hydrogens (tertiary/aromatic N) is 3. The second kappa shape index (κ2) is 21.2. The smallest absolute Gasteiger partial charge is 0.303 e. The molecular weight excluding hydrogens is 700 g/mol. The lowest BCUT2D eigenvalue weighted by Crippen LogP contribution is -2.50. The van der Waals surface area contributed by atoms with E-state index in [0.29, 0.717) is 24.4 Å². The monoisotopic (exact) mass is 758 g/mol. The number of Topliss-reactive ketones (excluding diaryl/α,β-unsaturated/α-hetero) is 1. The van der Waals surface area contributed by atoms with Crippen molar-refractivity contribution in [2.24, 2.45) is 17.8 Å². The molecular formula is C40H59FN4O7S. The Bertz CT molecular complexity index is 1520. The van der Waals surface area contributed by atoms with Crippen LogP contribution in [0.4, 0.5) is 4.39 Å². The van der Waals surface area contributed by atoms with Crippen LogP contribution in [0.1, 0.15) is 126 Å². The minimum atomic E-state index is -1.00. The number of likely N-dealkylation sites (tertiary alicyclic amines) is 1. The van der Waals surface area contributed by atoms with E-state index in [-0.39, 0.29) is 67.0 Å². The summed E-state index contributed by atoms with van der Waals surface area (Å²) in [5.41, 5.74) is 0.829. The molecule has 0 radical (unpaired) electrons. The number of aromatic nitrogens is 1. The molecule has 2 N–H and O–H groups in total. The average molecular weight is 759 g/mol. The highest BCUT2D eigenvalue weighted by Crippen LogP contribution is 2.33. The highest BCUT2D eigenvalue weighted by atomic mass is 32.1. The van der Waals surface area contributed by atoms with E-state index in [9.17, 15) is 33.5 Å². The van der Waals surface area contributed by atoms with Gasteiger partial charge in [0.25, 0.3) is 5.91 Å². The molecule has 1 aromatic carbocycles. The molecule has 6 atom stereocenters. The fourth-order valence-electron chi connectivity index (χ4n) is 7.15. The number of aliphatic carboxylic acids is 1. The number of carboxylic acids is 1. The second-order valence-electron chi connectivity index (χ2n) is 14.8. The first-order valence-electron chi connectivity index (χ1n) is 19.1. The summed E-state index contributed by atoms with van der Waals surface area (Å²) in [6.45, 7) is 12.8. The van der Waals surface area contributed by atoms with Crippen molar-refractivity contribution in [2.45, 2.75) is 130 Å². The zero-order valence-corrected chi connectivity index (χ0v) is 33.3. The van der Waals surface area contributed by atoms with Crippen LogP contribution in [-0.4, -0.2) is 87.7 Å². The van der Waals surface area contributed by atoms with Crippen molar-refractivity contribution in [3.05, 3.63) is 51.7 Å². The first-order valence-corrected chi connectivity index (χ1v) is 20.0. The second-order valence-corrected chi connectivity index (χ2v) is 15.7. The first kappa shape index (κ1) is 43.7. The third kappa shape index (κ3) is 13.3. The highest BCUT2D eigenvalue weighted by Gasteiger charge is 2.38. The molecule has 1 aliphatic rings. The Morgan fingerprint density at radius 1 is 1.11 bits per heavy atom. The van der Waals surface area contributed by atoms with E-state index in [2.05, 4.69) is 15.2 Å². The molecule has 1 saturated heterocycles. The van der Waals surface area contributed by atoms with Gasteiger partial charge in [0.05, 0.1) is 6.04 Å². The summed E-state index contributed by atoms with van der Waals surface area (Å²) in [6.07, 6.45) is 4.17. The molecule has 53 heavy (non-hydrogen) atoms. The van der Waals surface area contributed by atoms with Crippen LogP contribution in [0.15, 0.2) is 29.6 Å². The Labute approximate surface area is 318 Å². The van der Waals surface area contributed by atoms with Gasteiger partial charge in [-0.2, -0.15) is 0 Å². The van der Waals surface area contributed by atoms with Crippen molar-refractivity contribution in [2.75, 3.05) is 20.1 Å². The number of carbonyl (C=O) groups is 5. The molecule has 1 aromatic heterocycles. The van der Waals surface area contributed by atoms with E-state index in [0.717, 1.165) is 37.8 Å². The first-order chi connectivity index (χ1) is 25.1. The molecule has 2 aromatic rings. The molecule has 2 heterocycles. The largest absolute Gasteiger partial charge is 0.481 e. The number of halogens is 1. The third-order valence-corrected chi connectivity index (χ3v) is 11.3. The predicted octanol–water partition coefficient (Wildman–Crippen LogP) is 6.85. The van der Waals surface area contributed by atoms with Crippen LogP contribution in [0.5, 0.6) is 0 Å². The Kier molecular flexibility index (Phi) is 17.5. The standard InChI is InChI=1S/C40H59FN4O7S/c1-8-19-45(40(51)31(26(5)9-2)22-35(47)33-12-10-11-20-44(33)7)34(25(3)4)23-36(52-27(6)46)39-43-32(24-53-39)38(50)42-30(17-18-37(48)49)21-28-13-15-29(41)16-14-28/h13-16,24-26,30-31,33-34,36H,8-12,17-23H2,1-7H3,(H,42,50)(H,48,49)/t26-,30+,31?,33+,34+,36+/m0/s1. The molecule has 1 aliphatic heterocycles. The van der Waals surface area contributed by atoms with Crippen LogP contribution < -0.4 is 5.32 Å². The van der Waals surface area contributed by atoms with Gasteiger partial charge >= 0.3 is 11.9 Å². The van der Waals surface area contributed by atoms with Gasteiger partial charge in [-0.25, -0.2) is 9.37 Å². The van der Waals surface area contributed by atoms with Crippen LogP contribution >= 0.6 is 11.3 Å². The van der Waals surface area contributed by atoms with Gasteiger partial charge in [-0.1, -0.05) is 59.6 Å². The number of hydrogen-bond acceptors (Lipinski definition) is 9. The molecule has 0 bridgehead atoms. The number of rotatable bonds is 21. The van der Waals surface area contributed by atoms with Crippen molar-refractivity contribution in [1.29, 1.82) is 0 Å². The van der Waals surface area contributed by atoms with Gasteiger partial charge in [0.15, 0.2) is 11.9 Å². The van der Waals surface area contributed by atoms with E-state index in [1.165, 1.54) is 30.4 Å². The van der Waals surface area contributed by atoms with Gasteiger partial charge in [-0.3, -0.25) is 28.9 Å². The molecule has 0 spiro atoms. The molecule has 0 aliphatic carbocycles. The van der Waals surface area contributed by atoms with Crippen molar-refractivity contribution >= 4 is 40.9 Å². The topological polar surface area (TPSA) is 146 Å². The number of esters is 1. The van der Waals surface area contributed by atoms with Gasteiger partial charge in [-0.05, 0) is 75.2 Å². The normalized spacial score (nSPS) is 17.7. The minimum Gasteiger partial charge on any atom is -0.481 e. The predicted molar refractivity (Wildman–Crippen MR) is 203 cm³/mol. The number of nitrogens with one attached hydrogen (secondary N) is 1. The molecule has 294 valence electrons. The number of amides is 2. The number of ketones is 1. The van der Waals surface area contributed by atoms with E-state index < -0.39 is 41.7 Å². The number of ether oxygens (including phenoxy) is 1. The van der Waals surface area contributed by atoms with Crippen molar-refractivity contribution < 1.29 is 38.2 Å².